The number of sulfonamides is 1. The Balaban J connectivity index is 2.01. The molecule has 6 nitrogen and oxygen atoms in total. The Morgan fingerprint density at radius 1 is 1.17 bits per heavy atom. The minimum Gasteiger partial charge on any atom is -0.258 e. The van der Waals surface area contributed by atoms with Gasteiger partial charge in [0.1, 0.15) is 0 Å². The topological polar surface area (TPSA) is 80.5 Å². The van der Waals surface area contributed by atoms with E-state index in [1.807, 2.05) is 31.2 Å². The molecule has 2 aromatic carbocycles. The Morgan fingerprint density at radius 3 is 2.62 bits per heavy atom. The summed E-state index contributed by atoms with van der Waals surface area (Å²) in [5.41, 5.74) is 1.82. The third kappa shape index (κ3) is 2.92. The van der Waals surface area contributed by atoms with Crippen molar-refractivity contribution in [3.8, 4) is 0 Å². The van der Waals surface area contributed by atoms with E-state index in [0.29, 0.717) is 6.54 Å². The fourth-order valence-electron chi connectivity index (χ4n) is 3.19. The molecule has 7 heteroatoms. The first-order valence-electron chi connectivity index (χ1n) is 7.73. The van der Waals surface area contributed by atoms with Crippen molar-refractivity contribution in [2.75, 3.05) is 6.54 Å². The van der Waals surface area contributed by atoms with Gasteiger partial charge in [0, 0.05) is 18.7 Å². The van der Waals surface area contributed by atoms with Crippen LogP contribution in [0.25, 0.3) is 0 Å². The van der Waals surface area contributed by atoms with Gasteiger partial charge in [-0.25, -0.2) is 8.42 Å². The molecule has 1 fully saturated rings. The van der Waals surface area contributed by atoms with E-state index in [1.54, 1.807) is 0 Å². The molecule has 0 saturated carbocycles. The van der Waals surface area contributed by atoms with Gasteiger partial charge < -0.3 is 0 Å². The van der Waals surface area contributed by atoms with Crippen molar-refractivity contribution in [3.63, 3.8) is 0 Å². The molecule has 1 unspecified atom stereocenters. The Kier molecular flexibility index (Phi) is 4.38. The number of nitro groups is 1. The monoisotopic (exact) mass is 346 g/mol. The van der Waals surface area contributed by atoms with Crippen molar-refractivity contribution in [3.05, 3.63) is 69.8 Å². The van der Waals surface area contributed by atoms with E-state index in [1.165, 1.54) is 22.5 Å². The Bertz CT molecular complexity index is 880. The van der Waals surface area contributed by atoms with E-state index < -0.39 is 14.9 Å². The van der Waals surface area contributed by atoms with Crippen LogP contribution < -0.4 is 0 Å². The Morgan fingerprint density at radius 2 is 1.92 bits per heavy atom. The largest absolute Gasteiger partial charge is 0.270 e. The average Bonchev–Trinajstić information content (AvgIpc) is 3.05. The highest BCUT2D eigenvalue weighted by atomic mass is 32.2. The lowest BCUT2D eigenvalue weighted by molar-refractivity contribution is -0.385. The first-order valence-corrected chi connectivity index (χ1v) is 9.17. The van der Waals surface area contributed by atoms with E-state index in [9.17, 15) is 18.5 Å². The van der Waals surface area contributed by atoms with Crippen molar-refractivity contribution in [2.24, 2.45) is 0 Å². The molecule has 126 valence electrons. The molecule has 0 amide bonds. The molecular formula is C17H18N2O4S. The summed E-state index contributed by atoms with van der Waals surface area (Å²) >= 11 is 0. The number of nitrogens with zero attached hydrogens (tertiary/aromatic N) is 2. The van der Waals surface area contributed by atoms with E-state index in [0.717, 1.165) is 30.0 Å². The van der Waals surface area contributed by atoms with E-state index in [4.69, 9.17) is 0 Å². The van der Waals surface area contributed by atoms with Crippen LogP contribution in [0.1, 0.15) is 30.0 Å². The molecule has 24 heavy (non-hydrogen) atoms. The maximum Gasteiger partial charge on any atom is 0.270 e. The predicted molar refractivity (Wildman–Crippen MR) is 90.1 cm³/mol. The molecule has 0 bridgehead atoms. The summed E-state index contributed by atoms with van der Waals surface area (Å²) in [7, 11) is -3.78. The zero-order valence-corrected chi connectivity index (χ0v) is 14.1. The third-order valence-corrected chi connectivity index (χ3v) is 6.29. The molecule has 1 saturated heterocycles. The van der Waals surface area contributed by atoms with Crippen molar-refractivity contribution >= 4 is 15.7 Å². The molecule has 0 N–H and O–H groups in total. The van der Waals surface area contributed by atoms with Gasteiger partial charge in [0.2, 0.25) is 10.0 Å². The zero-order chi connectivity index (χ0) is 17.3. The van der Waals surface area contributed by atoms with E-state index in [-0.39, 0.29) is 16.6 Å². The summed E-state index contributed by atoms with van der Waals surface area (Å²) < 4.78 is 27.5. The molecule has 2 aromatic rings. The number of rotatable bonds is 4. The zero-order valence-electron chi connectivity index (χ0n) is 13.3. The van der Waals surface area contributed by atoms with Crippen molar-refractivity contribution in [2.45, 2.75) is 30.7 Å². The molecule has 1 atom stereocenters. The van der Waals surface area contributed by atoms with Crippen LogP contribution in [0.5, 0.6) is 0 Å². The van der Waals surface area contributed by atoms with E-state index >= 15 is 0 Å². The van der Waals surface area contributed by atoms with Crippen LogP contribution in [0.3, 0.4) is 0 Å². The van der Waals surface area contributed by atoms with Crippen LogP contribution in [0.2, 0.25) is 0 Å². The molecule has 1 aliphatic heterocycles. The van der Waals surface area contributed by atoms with E-state index in [2.05, 4.69) is 0 Å². The normalized spacial score (nSPS) is 18.6. The van der Waals surface area contributed by atoms with Crippen LogP contribution in [0.4, 0.5) is 5.69 Å². The van der Waals surface area contributed by atoms with Gasteiger partial charge in [-0.1, -0.05) is 30.3 Å². The van der Waals surface area contributed by atoms with Gasteiger partial charge in [0.25, 0.3) is 5.69 Å². The van der Waals surface area contributed by atoms with Crippen molar-refractivity contribution in [1.82, 2.24) is 4.31 Å². The summed E-state index contributed by atoms with van der Waals surface area (Å²) in [6, 6.07) is 12.7. The summed E-state index contributed by atoms with van der Waals surface area (Å²) in [5.74, 6) is 0. The van der Waals surface area contributed by atoms with Crippen molar-refractivity contribution in [1.29, 1.82) is 0 Å². The number of aryl methyl sites for hydroxylation is 1. The molecule has 0 aliphatic carbocycles. The first-order chi connectivity index (χ1) is 11.4. The highest BCUT2D eigenvalue weighted by Gasteiger charge is 2.37. The quantitative estimate of drug-likeness (QED) is 0.627. The van der Waals surface area contributed by atoms with Crippen LogP contribution in [-0.4, -0.2) is 24.2 Å². The highest BCUT2D eigenvalue weighted by molar-refractivity contribution is 7.89. The van der Waals surface area contributed by atoms with Gasteiger partial charge in [0.15, 0.2) is 0 Å². The fraction of sp³-hybridized carbons (Fsp3) is 0.294. The summed E-state index contributed by atoms with van der Waals surface area (Å²) in [6.07, 6.45) is 1.52. The Hall–Kier alpha value is -2.25. The summed E-state index contributed by atoms with van der Waals surface area (Å²) in [6.45, 7) is 2.38. The molecule has 3 rings (SSSR count). The summed E-state index contributed by atoms with van der Waals surface area (Å²) in [4.78, 5) is 10.3. The Labute approximate surface area is 140 Å². The van der Waals surface area contributed by atoms with Gasteiger partial charge >= 0.3 is 0 Å². The van der Waals surface area contributed by atoms with Crippen LogP contribution in [0.15, 0.2) is 53.4 Å². The number of nitro benzene ring substituents is 1. The smallest absolute Gasteiger partial charge is 0.258 e. The number of benzene rings is 2. The molecule has 1 heterocycles. The minimum absolute atomic E-state index is 0.0304. The minimum atomic E-state index is -3.78. The van der Waals surface area contributed by atoms with Crippen LogP contribution in [-0.2, 0) is 10.0 Å². The molecule has 0 aromatic heterocycles. The average molecular weight is 346 g/mol. The van der Waals surface area contributed by atoms with Gasteiger partial charge in [-0.05, 0) is 37.0 Å². The van der Waals surface area contributed by atoms with Gasteiger partial charge in [0.05, 0.1) is 15.9 Å². The maximum atomic E-state index is 13.0. The van der Waals surface area contributed by atoms with Gasteiger partial charge in [-0.15, -0.1) is 0 Å². The fourth-order valence-corrected chi connectivity index (χ4v) is 4.91. The number of non-ortho nitro benzene ring substituents is 1. The molecule has 1 aliphatic rings. The van der Waals surface area contributed by atoms with Crippen LogP contribution in [0, 0.1) is 17.0 Å². The van der Waals surface area contributed by atoms with Crippen molar-refractivity contribution < 1.29 is 13.3 Å². The SMILES string of the molecule is Cc1ccccc1C1CCCN1S(=O)(=O)c1cccc([N+](=O)[O-])c1. The van der Waals surface area contributed by atoms with Crippen LogP contribution >= 0.6 is 0 Å². The molecule has 0 radical (unpaired) electrons. The predicted octanol–water partition coefficient (Wildman–Crippen LogP) is 3.43. The second kappa shape index (κ2) is 6.33. The lowest BCUT2D eigenvalue weighted by atomic mass is 10.0. The standard InChI is InChI=1S/C17H18N2O4S/c1-13-6-2-3-9-16(13)17-10-5-11-18(17)24(22,23)15-8-4-7-14(12-15)19(20)21/h2-4,6-9,12,17H,5,10-11H2,1H3. The maximum absolute atomic E-state index is 13.0. The lowest BCUT2D eigenvalue weighted by Gasteiger charge is -2.25. The second-order valence-corrected chi connectivity index (χ2v) is 7.78. The summed E-state index contributed by atoms with van der Waals surface area (Å²) in [5, 5.41) is 10.9. The first kappa shape index (κ1) is 16.6. The number of hydrogen-bond acceptors (Lipinski definition) is 4. The second-order valence-electron chi connectivity index (χ2n) is 5.88. The highest BCUT2D eigenvalue weighted by Crippen LogP contribution is 2.38. The number of hydrogen-bond donors (Lipinski definition) is 0. The van der Waals surface area contributed by atoms with Gasteiger partial charge in [-0.2, -0.15) is 4.31 Å². The lowest BCUT2D eigenvalue weighted by Crippen LogP contribution is -2.31. The molecular weight excluding hydrogens is 328 g/mol. The van der Waals surface area contributed by atoms with Gasteiger partial charge in [-0.3, -0.25) is 10.1 Å². The third-order valence-electron chi connectivity index (χ3n) is 4.39. The molecule has 0 spiro atoms.